The maximum atomic E-state index is 11.7. The molecule has 0 spiro atoms. The van der Waals surface area contributed by atoms with Gasteiger partial charge in [0.05, 0.1) is 6.07 Å². The van der Waals surface area contributed by atoms with Crippen molar-refractivity contribution in [1.82, 2.24) is 5.32 Å². The summed E-state index contributed by atoms with van der Waals surface area (Å²) in [5, 5.41) is 12.4. The number of rotatable bonds is 5. The summed E-state index contributed by atoms with van der Waals surface area (Å²) in [5.41, 5.74) is -0.888. The van der Waals surface area contributed by atoms with Crippen LogP contribution in [0, 0.1) is 17.2 Å². The van der Waals surface area contributed by atoms with Gasteiger partial charge in [-0.05, 0) is 37.1 Å². The van der Waals surface area contributed by atoms with Gasteiger partial charge in [-0.25, -0.2) is 0 Å². The normalized spacial score (nSPS) is 13.5. The number of amides is 1. The van der Waals surface area contributed by atoms with Crippen LogP contribution < -0.4 is 10.1 Å². The van der Waals surface area contributed by atoms with Crippen molar-refractivity contribution in [3.8, 4) is 11.8 Å². The zero-order valence-corrected chi connectivity index (χ0v) is 12.0. The number of carbonyl (C=O) groups excluding carboxylic acids is 1. The molecule has 4 nitrogen and oxygen atoms in total. The zero-order valence-electron chi connectivity index (χ0n) is 11.2. The number of carbonyl (C=O) groups is 1. The molecule has 1 amide bonds. The van der Waals surface area contributed by atoms with E-state index in [-0.39, 0.29) is 18.4 Å². The molecule has 0 saturated heterocycles. The third-order valence-electron chi connectivity index (χ3n) is 2.97. The summed E-state index contributed by atoms with van der Waals surface area (Å²) in [6.45, 7) is 5.32. The average molecular weight is 281 g/mol. The Kier molecular flexibility index (Phi) is 5.20. The smallest absolute Gasteiger partial charge is 0.259 e. The number of nitrogens with one attached hydrogen (secondary N) is 1. The lowest BCUT2D eigenvalue weighted by Crippen LogP contribution is -2.50. The summed E-state index contributed by atoms with van der Waals surface area (Å²) in [5.74, 6) is 0.243. The SMILES string of the molecule is CC(C)[C@@](C)(C#N)NC(=O)COc1ccc(Cl)cc1. The molecule has 0 unspecified atom stereocenters. The molecule has 5 heteroatoms. The molecular formula is C14H17ClN2O2. The quantitative estimate of drug-likeness (QED) is 0.902. The van der Waals surface area contributed by atoms with Gasteiger partial charge in [-0.1, -0.05) is 25.4 Å². The fourth-order valence-corrected chi connectivity index (χ4v) is 1.43. The Hall–Kier alpha value is -1.73. The molecule has 1 rings (SSSR count). The van der Waals surface area contributed by atoms with E-state index in [0.29, 0.717) is 10.8 Å². The highest BCUT2D eigenvalue weighted by Crippen LogP contribution is 2.16. The van der Waals surface area contributed by atoms with Gasteiger partial charge in [0.2, 0.25) is 0 Å². The molecule has 0 aliphatic rings. The van der Waals surface area contributed by atoms with Gasteiger partial charge in [0.25, 0.3) is 5.91 Å². The van der Waals surface area contributed by atoms with Crippen LogP contribution in [0.2, 0.25) is 5.02 Å². The second-order valence-electron chi connectivity index (χ2n) is 4.76. The van der Waals surface area contributed by atoms with Gasteiger partial charge in [0, 0.05) is 5.02 Å². The number of nitrogens with zero attached hydrogens (tertiary/aromatic N) is 1. The van der Waals surface area contributed by atoms with Crippen LogP contribution in [0.4, 0.5) is 0 Å². The predicted molar refractivity (Wildman–Crippen MR) is 73.9 cm³/mol. The van der Waals surface area contributed by atoms with E-state index in [1.165, 1.54) is 0 Å². The number of halogens is 1. The van der Waals surface area contributed by atoms with E-state index in [2.05, 4.69) is 11.4 Å². The maximum absolute atomic E-state index is 11.7. The summed E-state index contributed by atoms with van der Waals surface area (Å²) in [7, 11) is 0. The lowest BCUT2D eigenvalue weighted by Gasteiger charge is -2.27. The van der Waals surface area contributed by atoms with E-state index in [1.807, 2.05) is 13.8 Å². The van der Waals surface area contributed by atoms with Crippen molar-refractivity contribution >= 4 is 17.5 Å². The number of hydrogen-bond acceptors (Lipinski definition) is 3. The van der Waals surface area contributed by atoms with Gasteiger partial charge in [-0.2, -0.15) is 5.26 Å². The second kappa shape index (κ2) is 6.44. The molecule has 0 aliphatic heterocycles. The van der Waals surface area contributed by atoms with Crippen molar-refractivity contribution in [2.24, 2.45) is 5.92 Å². The van der Waals surface area contributed by atoms with Crippen molar-refractivity contribution in [3.05, 3.63) is 29.3 Å². The first-order chi connectivity index (χ1) is 8.87. The number of benzene rings is 1. The molecule has 0 bridgehead atoms. The third-order valence-corrected chi connectivity index (χ3v) is 3.22. The molecule has 0 aliphatic carbocycles. The Balaban J connectivity index is 2.53. The Labute approximate surface area is 118 Å². The van der Waals surface area contributed by atoms with Crippen molar-refractivity contribution in [3.63, 3.8) is 0 Å². The summed E-state index contributed by atoms with van der Waals surface area (Å²) < 4.78 is 5.31. The van der Waals surface area contributed by atoms with Crippen molar-refractivity contribution < 1.29 is 9.53 Å². The van der Waals surface area contributed by atoms with Crippen LogP contribution in [0.15, 0.2) is 24.3 Å². The van der Waals surface area contributed by atoms with Crippen LogP contribution in [0.1, 0.15) is 20.8 Å². The van der Waals surface area contributed by atoms with Gasteiger partial charge in [0.15, 0.2) is 6.61 Å². The first-order valence-corrected chi connectivity index (χ1v) is 6.36. The Morgan fingerprint density at radius 3 is 2.53 bits per heavy atom. The highest BCUT2D eigenvalue weighted by Gasteiger charge is 2.29. The fourth-order valence-electron chi connectivity index (χ4n) is 1.31. The van der Waals surface area contributed by atoms with Crippen LogP contribution >= 0.6 is 11.6 Å². The van der Waals surface area contributed by atoms with Crippen molar-refractivity contribution in [2.75, 3.05) is 6.61 Å². The van der Waals surface area contributed by atoms with E-state index in [4.69, 9.17) is 21.6 Å². The van der Waals surface area contributed by atoms with Gasteiger partial charge in [-0.3, -0.25) is 4.79 Å². The van der Waals surface area contributed by atoms with Crippen molar-refractivity contribution in [2.45, 2.75) is 26.3 Å². The molecule has 1 aromatic carbocycles. The van der Waals surface area contributed by atoms with E-state index in [1.54, 1.807) is 31.2 Å². The van der Waals surface area contributed by atoms with Crippen LogP contribution in [0.3, 0.4) is 0 Å². The molecule has 1 N–H and O–H groups in total. The van der Waals surface area contributed by atoms with E-state index in [9.17, 15) is 4.79 Å². The van der Waals surface area contributed by atoms with Gasteiger partial charge < -0.3 is 10.1 Å². The van der Waals surface area contributed by atoms with E-state index < -0.39 is 5.54 Å². The maximum Gasteiger partial charge on any atom is 0.259 e. The second-order valence-corrected chi connectivity index (χ2v) is 5.20. The van der Waals surface area contributed by atoms with E-state index >= 15 is 0 Å². The monoisotopic (exact) mass is 280 g/mol. The molecule has 0 saturated carbocycles. The molecule has 0 aromatic heterocycles. The van der Waals surface area contributed by atoms with Crippen LogP contribution in [0.5, 0.6) is 5.75 Å². The highest BCUT2D eigenvalue weighted by atomic mass is 35.5. The number of nitriles is 1. The topological polar surface area (TPSA) is 62.1 Å². The zero-order chi connectivity index (χ0) is 14.5. The molecule has 19 heavy (non-hydrogen) atoms. The summed E-state index contributed by atoms with van der Waals surface area (Å²) >= 11 is 5.74. The van der Waals surface area contributed by atoms with Gasteiger partial charge in [0.1, 0.15) is 11.3 Å². The minimum atomic E-state index is -0.888. The minimum Gasteiger partial charge on any atom is -0.484 e. The molecule has 1 aromatic rings. The van der Waals surface area contributed by atoms with Crippen LogP contribution in [-0.4, -0.2) is 18.1 Å². The molecule has 0 fully saturated rings. The van der Waals surface area contributed by atoms with Gasteiger partial charge >= 0.3 is 0 Å². The van der Waals surface area contributed by atoms with E-state index in [0.717, 1.165) is 0 Å². The lowest BCUT2D eigenvalue weighted by atomic mass is 9.90. The molecule has 102 valence electrons. The molecule has 1 atom stereocenters. The molecule has 0 heterocycles. The lowest BCUT2D eigenvalue weighted by molar-refractivity contribution is -0.124. The average Bonchev–Trinajstić information content (AvgIpc) is 2.37. The largest absolute Gasteiger partial charge is 0.484 e. The van der Waals surface area contributed by atoms with Crippen LogP contribution in [-0.2, 0) is 4.79 Å². The fraction of sp³-hybridized carbons (Fsp3) is 0.429. The highest BCUT2D eigenvalue weighted by molar-refractivity contribution is 6.30. The Morgan fingerprint density at radius 1 is 1.47 bits per heavy atom. The summed E-state index contributed by atoms with van der Waals surface area (Å²) in [6.07, 6.45) is 0. The minimum absolute atomic E-state index is 0.0111. The third kappa shape index (κ3) is 4.46. The Morgan fingerprint density at radius 2 is 2.05 bits per heavy atom. The van der Waals surface area contributed by atoms with Crippen molar-refractivity contribution in [1.29, 1.82) is 5.26 Å². The standard InChI is InChI=1S/C14H17ClN2O2/c1-10(2)14(3,9-16)17-13(18)8-19-12-6-4-11(15)5-7-12/h4-7,10H,8H2,1-3H3,(H,17,18)/t14-/m1/s1. The molecule has 0 radical (unpaired) electrons. The summed E-state index contributed by atoms with van der Waals surface area (Å²) in [6, 6.07) is 8.84. The van der Waals surface area contributed by atoms with Gasteiger partial charge in [-0.15, -0.1) is 0 Å². The molecular weight excluding hydrogens is 264 g/mol. The first-order valence-electron chi connectivity index (χ1n) is 5.98. The number of ether oxygens (including phenoxy) is 1. The predicted octanol–water partition coefficient (Wildman–Crippen LogP) is 2.77. The first kappa shape index (κ1) is 15.3. The summed E-state index contributed by atoms with van der Waals surface area (Å²) in [4.78, 5) is 11.7. The Bertz CT molecular complexity index is 479. The number of hydrogen-bond donors (Lipinski definition) is 1. The van der Waals surface area contributed by atoms with Crippen LogP contribution in [0.25, 0.3) is 0 Å².